The normalized spacial score (nSPS) is 34.3. The van der Waals surface area contributed by atoms with Crippen LogP contribution in [0.15, 0.2) is 0 Å². The molecule has 41 valence electrons. The molecule has 1 unspecified atom stereocenters. The maximum absolute atomic E-state index is 3.12. The SMILES string of the molecule is CC1[CH]NCN1C. The molecule has 2 heteroatoms. The van der Waals surface area contributed by atoms with Crippen LogP contribution in [0.3, 0.4) is 0 Å². The third-order valence-electron chi connectivity index (χ3n) is 1.39. The molecule has 0 saturated carbocycles. The molecule has 2 nitrogen and oxygen atoms in total. The predicted molar refractivity (Wildman–Crippen MR) is 29.5 cm³/mol. The Hall–Kier alpha value is -0.0800. The molecule has 7 heavy (non-hydrogen) atoms. The number of hydrogen-bond acceptors (Lipinski definition) is 2. The van der Waals surface area contributed by atoms with Crippen LogP contribution in [0.4, 0.5) is 0 Å². The minimum atomic E-state index is 0.611. The van der Waals surface area contributed by atoms with Crippen molar-refractivity contribution >= 4 is 0 Å². The molecular weight excluding hydrogens is 88.1 g/mol. The van der Waals surface area contributed by atoms with Gasteiger partial charge in [-0.3, -0.25) is 10.2 Å². The van der Waals surface area contributed by atoms with E-state index in [9.17, 15) is 0 Å². The van der Waals surface area contributed by atoms with Crippen molar-refractivity contribution in [1.29, 1.82) is 0 Å². The van der Waals surface area contributed by atoms with Crippen molar-refractivity contribution in [2.75, 3.05) is 13.7 Å². The number of hydrogen-bond donors (Lipinski definition) is 1. The predicted octanol–water partition coefficient (Wildman–Crippen LogP) is 0.0292. The fourth-order valence-corrected chi connectivity index (χ4v) is 0.638. The summed E-state index contributed by atoms with van der Waals surface area (Å²) in [6.07, 6.45) is 0. The number of nitrogens with one attached hydrogen (secondary N) is 1. The summed E-state index contributed by atoms with van der Waals surface area (Å²) in [6, 6.07) is 0.611. The number of nitrogens with zero attached hydrogens (tertiary/aromatic N) is 1. The highest BCUT2D eigenvalue weighted by Gasteiger charge is 2.13. The number of rotatable bonds is 0. The molecular formula is C5H11N2. The summed E-state index contributed by atoms with van der Waals surface area (Å²) in [5.41, 5.74) is 0. The van der Waals surface area contributed by atoms with Gasteiger partial charge in [0, 0.05) is 19.3 Å². The summed E-state index contributed by atoms with van der Waals surface area (Å²) in [6.45, 7) is 5.27. The van der Waals surface area contributed by atoms with Crippen molar-refractivity contribution in [3.63, 3.8) is 0 Å². The molecule has 1 N–H and O–H groups in total. The zero-order chi connectivity index (χ0) is 5.28. The molecule has 0 aliphatic carbocycles. The van der Waals surface area contributed by atoms with E-state index in [1.807, 2.05) is 0 Å². The molecule has 1 aliphatic rings. The highest BCUT2D eigenvalue weighted by Crippen LogP contribution is 2.01. The lowest BCUT2D eigenvalue weighted by Crippen LogP contribution is -2.21. The van der Waals surface area contributed by atoms with Gasteiger partial charge in [-0.05, 0) is 14.0 Å². The summed E-state index contributed by atoms with van der Waals surface area (Å²) in [4.78, 5) is 2.24. The lowest BCUT2D eigenvalue weighted by Gasteiger charge is -2.10. The molecule has 1 rings (SSSR count). The lowest BCUT2D eigenvalue weighted by molar-refractivity contribution is 0.341. The first-order chi connectivity index (χ1) is 3.30. The molecule has 1 heterocycles. The van der Waals surface area contributed by atoms with Gasteiger partial charge in [0.1, 0.15) is 0 Å². The van der Waals surface area contributed by atoms with E-state index in [2.05, 4.69) is 30.7 Å². The van der Waals surface area contributed by atoms with Crippen molar-refractivity contribution < 1.29 is 0 Å². The van der Waals surface area contributed by atoms with Crippen LogP contribution in [-0.4, -0.2) is 24.7 Å². The summed E-state index contributed by atoms with van der Waals surface area (Å²) in [5, 5.41) is 3.12. The minimum Gasteiger partial charge on any atom is -0.298 e. The Bertz CT molecular complexity index is 55.1. The fraction of sp³-hybridized carbons (Fsp3) is 0.800. The highest BCUT2D eigenvalue weighted by atomic mass is 15.3. The van der Waals surface area contributed by atoms with E-state index in [1.54, 1.807) is 0 Å². The fourth-order valence-electron chi connectivity index (χ4n) is 0.638. The zero-order valence-corrected chi connectivity index (χ0v) is 4.81. The van der Waals surface area contributed by atoms with Crippen molar-refractivity contribution in [2.24, 2.45) is 0 Å². The van der Waals surface area contributed by atoms with E-state index >= 15 is 0 Å². The average molecular weight is 99.2 g/mol. The summed E-state index contributed by atoms with van der Waals surface area (Å²) >= 11 is 0. The maximum Gasteiger partial charge on any atom is 0.0484 e. The largest absolute Gasteiger partial charge is 0.298 e. The van der Waals surface area contributed by atoms with Crippen LogP contribution in [0.2, 0.25) is 0 Å². The van der Waals surface area contributed by atoms with Crippen LogP contribution in [0.5, 0.6) is 0 Å². The highest BCUT2D eigenvalue weighted by molar-refractivity contribution is 4.83. The Morgan fingerprint density at radius 2 is 2.57 bits per heavy atom. The molecule has 1 saturated heterocycles. The van der Waals surface area contributed by atoms with Gasteiger partial charge >= 0.3 is 0 Å². The topological polar surface area (TPSA) is 15.3 Å². The zero-order valence-electron chi connectivity index (χ0n) is 4.81. The van der Waals surface area contributed by atoms with Gasteiger partial charge in [-0.25, -0.2) is 0 Å². The molecule has 0 spiro atoms. The maximum atomic E-state index is 3.12. The van der Waals surface area contributed by atoms with E-state index < -0.39 is 0 Å². The molecule has 0 aromatic carbocycles. The Morgan fingerprint density at radius 3 is 2.71 bits per heavy atom. The third kappa shape index (κ3) is 0.924. The summed E-state index contributed by atoms with van der Waals surface area (Å²) in [7, 11) is 2.10. The summed E-state index contributed by atoms with van der Waals surface area (Å²) in [5.74, 6) is 0. The van der Waals surface area contributed by atoms with Crippen molar-refractivity contribution in [3.05, 3.63) is 6.54 Å². The monoisotopic (exact) mass is 99.1 g/mol. The first-order valence-electron chi connectivity index (χ1n) is 2.57. The lowest BCUT2D eigenvalue weighted by atomic mass is 10.3. The quantitative estimate of drug-likeness (QED) is 0.461. The second-order valence-electron chi connectivity index (χ2n) is 2.03. The molecule has 0 bridgehead atoms. The van der Waals surface area contributed by atoms with E-state index in [0.717, 1.165) is 6.67 Å². The molecule has 0 aromatic heterocycles. The Balaban J connectivity index is 2.33. The van der Waals surface area contributed by atoms with Crippen LogP contribution in [0.1, 0.15) is 6.92 Å². The molecule has 0 amide bonds. The second-order valence-corrected chi connectivity index (χ2v) is 2.03. The van der Waals surface area contributed by atoms with E-state index in [4.69, 9.17) is 0 Å². The molecule has 1 atom stereocenters. The smallest absolute Gasteiger partial charge is 0.0484 e. The Kier molecular flexibility index (Phi) is 1.30. The molecule has 1 fully saturated rings. The van der Waals surface area contributed by atoms with Gasteiger partial charge in [-0.15, -0.1) is 0 Å². The average Bonchev–Trinajstić information content (AvgIpc) is 1.91. The van der Waals surface area contributed by atoms with Gasteiger partial charge in [0.25, 0.3) is 0 Å². The Morgan fingerprint density at radius 1 is 1.86 bits per heavy atom. The third-order valence-corrected chi connectivity index (χ3v) is 1.39. The standard InChI is InChI=1S/C5H11N2/c1-5-3-6-4-7(5)2/h3,5-6H,4H2,1-2H3. The van der Waals surface area contributed by atoms with Crippen molar-refractivity contribution in [2.45, 2.75) is 13.0 Å². The second kappa shape index (κ2) is 1.80. The van der Waals surface area contributed by atoms with Gasteiger partial charge in [-0.2, -0.15) is 0 Å². The number of likely N-dealkylation sites (N-methyl/N-ethyl adjacent to an activating group) is 1. The van der Waals surface area contributed by atoms with E-state index in [-0.39, 0.29) is 0 Å². The van der Waals surface area contributed by atoms with Crippen LogP contribution < -0.4 is 5.32 Å². The van der Waals surface area contributed by atoms with Crippen LogP contribution >= 0.6 is 0 Å². The van der Waals surface area contributed by atoms with Gasteiger partial charge in [-0.1, -0.05) is 0 Å². The van der Waals surface area contributed by atoms with Crippen LogP contribution in [0, 0.1) is 6.54 Å². The van der Waals surface area contributed by atoms with Crippen LogP contribution in [0.25, 0.3) is 0 Å². The van der Waals surface area contributed by atoms with Crippen molar-refractivity contribution in [3.8, 4) is 0 Å². The van der Waals surface area contributed by atoms with Crippen LogP contribution in [-0.2, 0) is 0 Å². The van der Waals surface area contributed by atoms with Crippen molar-refractivity contribution in [1.82, 2.24) is 10.2 Å². The van der Waals surface area contributed by atoms with E-state index in [1.165, 1.54) is 0 Å². The van der Waals surface area contributed by atoms with E-state index in [0.29, 0.717) is 6.04 Å². The van der Waals surface area contributed by atoms with Gasteiger partial charge in [0.15, 0.2) is 0 Å². The first kappa shape index (κ1) is 5.06. The summed E-state index contributed by atoms with van der Waals surface area (Å²) < 4.78 is 0. The van der Waals surface area contributed by atoms with Gasteiger partial charge in [0.2, 0.25) is 0 Å². The van der Waals surface area contributed by atoms with Gasteiger partial charge in [0.05, 0.1) is 0 Å². The Labute approximate surface area is 44.5 Å². The van der Waals surface area contributed by atoms with Gasteiger partial charge < -0.3 is 0 Å². The first-order valence-corrected chi connectivity index (χ1v) is 2.57. The molecule has 1 aliphatic heterocycles. The minimum absolute atomic E-state index is 0.611. The molecule has 1 radical (unpaired) electrons. The molecule has 0 aromatic rings.